The van der Waals surface area contributed by atoms with E-state index in [0.717, 1.165) is 22.4 Å². The zero-order chi connectivity index (χ0) is 31.4. The number of hydroxylamine groups is 1. The molecule has 3 aromatic carbocycles. The largest absolute Gasteiger partial charge is 0.392 e. The fraction of sp³-hybridized carbons (Fsp3) is 0.344. The maximum atomic E-state index is 12.6. The van der Waals surface area contributed by atoms with Crippen molar-refractivity contribution < 1.29 is 29.4 Å². The Bertz CT molecular complexity index is 1540. The molecular formula is C32H36N6O6S. The lowest BCUT2D eigenvalue weighted by Crippen LogP contribution is -2.31. The van der Waals surface area contributed by atoms with Gasteiger partial charge in [0.1, 0.15) is 0 Å². The Morgan fingerprint density at radius 3 is 2.44 bits per heavy atom. The smallest absolute Gasteiger partial charge is 0.243 e. The van der Waals surface area contributed by atoms with Crippen molar-refractivity contribution in [1.82, 2.24) is 25.7 Å². The highest BCUT2D eigenvalue weighted by atomic mass is 32.2. The van der Waals surface area contributed by atoms with Gasteiger partial charge < -0.3 is 19.9 Å². The summed E-state index contributed by atoms with van der Waals surface area (Å²) < 4.78 is 14.6. The first kappa shape index (κ1) is 32.3. The number of tetrazole rings is 1. The Hall–Kier alpha value is -4.14. The van der Waals surface area contributed by atoms with E-state index >= 15 is 0 Å². The van der Waals surface area contributed by atoms with Gasteiger partial charge in [-0.3, -0.25) is 14.8 Å². The molecule has 4 aromatic rings. The van der Waals surface area contributed by atoms with E-state index in [9.17, 15) is 14.7 Å². The maximum absolute atomic E-state index is 12.6. The van der Waals surface area contributed by atoms with Crippen molar-refractivity contribution in [1.29, 1.82) is 0 Å². The fourth-order valence-corrected chi connectivity index (χ4v) is 5.89. The van der Waals surface area contributed by atoms with Crippen LogP contribution >= 0.6 is 11.8 Å². The molecule has 2 amide bonds. The number of rotatable bonds is 14. The summed E-state index contributed by atoms with van der Waals surface area (Å²) >= 11 is 1.50. The van der Waals surface area contributed by atoms with Crippen molar-refractivity contribution >= 4 is 29.3 Å². The van der Waals surface area contributed by atoms with Gasteiger partial charge >= 0.3 is 0 Å². The highest BCUT2D eigenvalue weighted by Gasteiger charge is 2.33. The van der Waals surface area contributed by atoms with Crippen LogP contribution in [0.25, 0.3) is 5.69 Å². The Balaban J connectivity index is 1.26. The van der Waals surface area contributed by atoms with E-state index in [1.165, 1.54) is 11.8 Å². The first-order valence-corrected chi connectivity index (χ1v) is 15.8. The number of thioether (sulfide) groups is 1. The van der Waals surface area contributed by atoms with Crippen LogP contribution in [-0.2, 0) is 25.7 Å². The molecule has 3 atom stereocenters. The van der Waals surface area contributed by atoms with Crippen LogP contribution in [0.4, 0.5) is 5.69 Å². The van der Waals surface area contributed by atoms with E-state index in [-0.39, 0.29) is 31.1 Å². The number of benzene rings is 3. The molecule has 45 heavy (non-hydrogen) atoms. The third-order valence-corrected chi connectivity index (χ3v) is 8.38. The molecule has 12 nitrogen and oxygen atoms in total. The van der Waals surface area contributed by atoms with E-state index in [1.54, 1.807) is 10.2 Å². The Labute approximate surface area is 265 Å². The summed E-state index contributed by atoms with van der Waals surface area (Å²) in [6, 6.07) is 24.8. The molecule has 2 heterocycles. The number of nitrogens with one attached hydrogen (secondary N) is 2. The third-order valence-electron chi connectivity index (χ3n) is 7.33. The third kappa shape index (κ3) is 9.19. The number of hydrogen-bond donors (Lipinski definition) is 4. The predicted octanol–water partition coefficient (Wildman–Crippen LogP) is 4.89. The second-order valence-corrected chi connectivity index (χ2v) is 11.6. The van der Waals surface area contributed by atoms with Crippen LogP contribution in [0.2, 0.25) is 0 Å². The summed E-state index contributed by atoms with van der Waals surface area (Å²) in [6.07, 6.45) is 1.90. The van der Waals surface area contributed by atoms with Crippen molar-refractivity contribution in [2.45, 2.75) is 68.8 Å². The van der Waals surface area contributed by atoms with Gasteiger partial charge in [-0.2, -0.15) is 4.68 Å². The van der Waals surface area contributed by atoms with Gasteiger partial charge in [0.05, 0.1) is 24.5 Å². The zero-order valence-corrected chi connectivity index (χ0v) is 25.4. The van der Waals surface area contributed by atoms with Crippen molar-refractivity contribution in [2.24, 2.45) is 0 Å². The first-order valence-electron chi connectivity index (χ1n) is 14.8. The van der Waals surface area contributed by atoms with Gasteiger partial charge in [-0.1, -0.05) is 72.8 Å². The Morgan fingerprint density at radius 1 is 0.911 bits per heavy atom. The van der Waals surface area contributed by atoms with Crippen LogP contribution in [0.1, 0.15) is 67.6 Å². The van der Waals surface area contributed by atoms with Crippen molar-refractivity contribution in [3.05, 3.63) is 95.6 Å². The number of unbranched alkanes of at least 4 members (excludes halogenated alkanes) is 2. The summed E-state index contributed by atoms with van der Waals surface area (Å²) in [7, 11) is 0. The summed E-state index contributed by atoms with van der Waals surface area (Å²) in [5.41, 5.74) is 5.68. The zero-order valence-electron chi connectivity index (χ0n) is 24.6. The lowest BCUT2D eigenvalue weighted by atomic mass is 10.0. The lowest BCUT2D eigenvalue weighted by molar-refractivity contribution is -0.245. The van der Waals surface area contributed by atoms with Crippen LogP contribution in [-0.4, -0.2) is 54.2 Å². The van der Waals surface area contributed by atoms with Crippen LogP contribution < -0.4 is 10.8 Å². The van der Waals surface area contributed by atoms with Crippen LogP contribution in [0.15, 0.2) is 84.0 Å². The van der Waals surface area contributed by atoms with Gasteiger partial charge in [-0.05, 0) is 58.7 Å². The van der Waals surface area contributed by atoms with E-state index in [4.69, 9.17) is 14.7 Å². The molecule has 0 radical (unpaired) electrons. The topological polar surface area (TPSA) is 161 Å². The number of ether oxygens (including phenoxy) is 2. The summed E-state index contributed by atoms with van der Waals surface area (Å²) in [5, 5.41) is 33.9. The first-order chi connectivity index (χ1) is 22.0. The van der Waals surface area contributed by atoms with Crippen molar-refractivity contribution in [2.75, 3.05) is 11.1 Å². The second kappa shape index (κ2) is 16.3. The average molecular weight is 633 g/mol. The van der Waals surface area contributed by atoms with Crippen molar-refractivity contribution in [3.8, 4) is 5.69 Å². The minimum Gasteiger partial charge on any atom is -0.392 e. The highest BCUT2D eigenvalue weighted by molar-refractivity contribution is 7.99. The number of nitrogens with zero attached hydrogens (tertiary/aromatic N) is 4. The number of para-hydroxylation sites is 1. The van der Waals surface area contributed by atoms with Crippen LogP contribution in [0.5, 0.6) is 0 Å². The van der Waals surface area contributed by atoms with Crippen molar-refractivity contribution in [3.63, 3.8) is 0 Å². The average Bonchev–Trinajstić information content (AvgIpc) is 3.56. The minimum atomic E-state index is -0.688. The molecule has 1 fully saturated rings. The number of carbonyl (C=O) groups excluding carboxylic acids is 2. The normalized spacial score (nSPS) is 18.0. The summed E-state index contributed by atoms with van der Waals surface area (Å²) in [6.45, 7) is -0.0354. The van der Waals surface area contributed by atoms with Gasteiger partial charge in [-0.25, -0.2) is 5.48 Å². The molecule has 1 aromatic heterocycles. The number of hydrogen-bond acceptors (Lipinski definition) is 10. The molecule has 0 aliphatic carbocycles. The number of amides is 2. The number of aliphatic hydroxyl groups is 1. The number of aromatic nitrogens is 4. The molecule has 1 saturated heterocycles. The second-order valence-electron chi connectivity index (χ2n) is 10.6. The number of anilines is 1. The quantitative estimate of drug-likeness (QED) is 0.0652. The number of carbonyl (C=O) groups is 2. The van der Waals surface area contributed by atoms with Gasteiger partial charge in [-0.15, -0.1) is 5.10 Å². The molecule has 0 saturated carbocycles. The SMILES string of the molecule is O=C(CCCCCC(=O)Nc1cccc([C@@H]2O[C@H](CSc3nnnn3-c3ccccc3)C[C@H](c3ccc(CO)cc3)O2)c1)NO. The van der Waals surface area contributed by atoms with Gasteiger partial charge in [0.15, 0.2) is 6.29 Å². The fourth-order valence-electron chi connectivity index (χ4n) is 4.98. The summed E-state index contributed by atoms with van der Waals surface area (Å²) in [4.78, 5) is 23.7. The molecule has 0 unspecified atom stereocenters. The molecule has 5 rings (SSSR count). The highest BCUT2D eigenvalue weighted by Crippen LogP contribution is 2.40. The maximum Gasteiger partial charge on any atom is 0.243 e. The van der Waals surface area contributed by atoms with Gasteiger partial charge in [0, 0.05) is 36.3 Å². The standard InChI is InChI=1S/C32H36N6O6S/c39-20-22-14-16-23(17-15-22)28-19-27(21-45-32-34-36-37-38(32)26-10-3-1-4-11-26)43-31(44-28)24-8-7-9-25(18-24)33-29(40)12-5-2-6-13-30(41)35-42/h1,3-4,7-11,14-18,27-28,31,39,42H,2,5-6,12-13,19-21H2,(H,33,40)(H,35,41)/t27-,28+,31+/m0/s1. The molecule has 13 heteroatoms. The van der Waals surface area contributed by atoms with Crippen LogP contribution in [0.3, 0.4) is 0 Å². The van der Waals surface area contributed by atoms with E-state index in [1.807, 2.05) is 78.9 Å². The Morgan fingerprint density at radius 2 is 1.69 bits per heavy atom. The molecular weight excluding hydrogens is 596 g/mol. The lowest BCUT2D eigenvalue weighted by Gasteiger charge is -2.36. The molecule has 236 valence electrons. The van der Waals surface area contributed by atoms with Gasteiger partial charge in [0.25, 0.3) is 0 Å². The van der Waals surface area contributed by atoms with Gasteiger partial charge in [0.2, 0.25) is 17.0 Å². The minimum absolute atomic E-state index is 0.0354. The van der Waals surface area contributed by atoms with E-state index < -0.39 is 12.2 Å². The predicted molar refractivity (Wildman–Crippen MR) is 166 cm³/mol. The monoisotopic (exact) mass is 632 g/mol. The summed E-state index contributed by atoms with van der Waals surface area (Å²) in [5.74, 6) is 0.0203. The molecule has 0 spiro atoms. The molecule has 1 aliphatic heterocycles. The Kier molecular flexibility index (Phi) is 11.6. The molecule has 0 bridgehead atoms. The van der Waals surface area contributed by atoms with E-state index in [0.29, 0.717) is 48.7 Å². The number of aliphatic hydroxyl groups excluding tert-OH is 1. The molecule has 4 N–H and O–H groups in total. The molecule has 1 aliphatic rings. The van der Waals surface area contributed by atoms with E-state index in [2.05, 4.69) is 20.8 Å². The van der Waals surface area contributed by atoms with Crippen LogP contribution in [0, 0.1) is 0 Å².